The molecule has 3 fully saturated rings. The summed E-state index contributed by atoms with van der Waals surface area (Å²) >= 11 is 0. The van der Waals surface area contributed by atoms with Gasteiger partial charge in [0, 0.05) is 13.2 Å². The lowest BCUT2D eigenvalue weighted by Crippen LogP contribution is -2.51. The maximum Gasteiger partial charge on any atom is 0.0731 e. The molecule has 3 heteroatoms. The molecule has 0 saturated carbocycles. The van der Waals surface area contributed by atoms with E-state index in [1.54, 1.807) is 0 Å². The van der Waals surface area contributed by atoms with E-state index >= 15 is 0 Å². The van der Waals surface area contributed by atoms with Crippen LogP contribution in [-0.4, -0.2) is 62.8 Å². The molecule has 0 spiro atoms. The summed E-state index contributed by atoms with van der Waals surface area (Å²) in [6.45, 7) is 5.88. The first-order valence-electron chi connectivity index (χ1n) is 6.24. The van der Waals surface area contributed by atoms with Crippen molar-refractivity contribution < 1.29 is 4.74 Å². The van der Waals surface area contributed by atoms with Gasteiger partial charge in [0.1, 0.15) is 0 Å². The summed E-state index contributed by atoms with van der Waals surface area (Å²) in [5, 5.41) is 0. The van der Waals surface area contributed by atoms with Gasteiger partial charge >= 0.3 is 0 Å². The molecule has 3 heterocycles. The first kappa shape index (κ1) is 11.4. The lowest BCUT2D eigenvalue weighted by Gasteiger charge is -2.44. The zero-order valence-corrected chi connectivity index (χ0v) is 10.1. The van der Waals surface area contributed by atoms with E-state index in [0.29, 0.717) is 6.10 Å². The van der Waals surface area contributed by atoms with Crippen molar-refractivity contribution in [1.82, 2.24) is 9.80 Å². The Bertz CT molecular complexity index is 188. The number of hydrogen-bond donors (Lipinski definition) is 0. The Morgan fingerprint density at radius 2 is 2.00 bits per heavy atom. The van der Waals surface area contributed by atoms with Crippen LogP contribution >= 0.6 is 0 Å². The molecule has 15 heavy (non-hydrogen) atoms. The molecule has 1 atom stereocenters. The molecule has 0 aliphatic carbocycles. The first-order valence-corrected chi connectivity index (χ1v) is 6.24. The van der Waals surface area contributed by atoms with E-state index in [1.807, 2.05) is 0 Å². The van der Waals surface area contributed by atoms with E-state index in [9.17, 15) is 0 Å². The smallest absolute Gasteiger partial charge is 0.0731 e. The highest BCUT2D eigenvalue weighted by Crippen LogP contribution is 2.29. The van der Waals surface area contributed by atoms with E-state index in [2.05, 4.69) is 23.9 Å². The van der Waals surface area contributed by atoms with Gasteiger partial charge in [0.25, 0.3) is 0 Å². The number of piperidine rings is 3. The molecular formula is C12H24N2O. The summed E-state index contributed by atoms with van der Waals surface area (Å²) in [5.41, 5.74) is 0. The van der Waals surface area contributed by atoms with Crippen molar-refractivity contribution in [2.75, 3.05) is 46.9 Å². The fraction of sp³-hybridized carbons (Fsp3) is 1.00. The predicted octanol–water partition coefficient (Wildman–Crippen LogP) is 1.05. The summed E-state index contributed by atoms with van der Waals surface area (Å²) in [7, 11) is 4.24. The van der Waals surface area contributed by atoms with Gasteiger partial charge in [-0.1, -0.05) is 0 Å². The molecular weight excluding hydrogens is 188 g/mol. The van der Waals surface area contributed by atoms with E-state index < -0.39 is 0 Å². The molecule has 88 valence electrons. The highest BCUT2D eigenvalue weighted by molar-refractivity contribution is 4.87. The van der Waals surface area contributed by atoms with Crippen LogP contribution in [-0.2, 0) is 4.74 Å². The lowest BCUT2D eigenvalue weighted by atomic mass is 9.86. The standard InChI is InChI=1S/C12H24N2O/c1-13(2)6-3-9-15-12-10-14-7-4-11(12)5-8-14/h11-12H,3-10H2,1-2H3. The van der Waals surface area contributed by atoms with Crippen LogP contribution in [0.3, 0.4) is 0 Å². The topological polar surface area (TPSA) is 15.7 Å². The van der Waals surface area contributed by atoms with Gasteiger partial charge < -0.3 is 14.5 Å². The molecule has 3 aliphatic rings. The minimum absolute atomic E-state index is 0.537. The van der Waals surface area contributed by atoms with Crippen LogP contribution in [0.4, 0.5) is 0 Å². The molecule has 0 aromatic rings. The fourth-order valence-electron chi connectivity index (χ4n) is 2.72. The number of ether oxygens (including phenoxy) is 1. The molecule has 3 nitrogen and oxygen atoms in total. The second-order valence-electron chi connectivity index (χ2n) is 5.20. The van der Waals surface area contributed by atoms with E-state index in [-0.39, 0.29) is 0 Å². The predicted molar refractivity (Wildman–Crippen MR) is 62.1 cm³/mol. The molecule has 3 aliphatic heterocycles. The summed E-state index contributed by atoms with van der Waals surface area (Å²) in [5.74, 6) is 0.856. The molecule has 0 amide bonds. The Morgan fingerprint density at radius 3 is 2.53 bits per heavy atom. The van der Waals surface area contributed by atoms with E-state index in [0.717, 1.165) is 25.5 Å². The van der Waals surface area contributed by atoms with Crippen molar-refractivity contribution in [3.8, 4) is 0 Å². The van der Waals surface area contributed by atoms with Gasteiger partial charge in [-0.25, -0.2) is 0 Å². The van der Waals surface area contributed by atoms with Crippen molar-refractivity contribution in [3.63, 3.8) is 0 Å². The van der Waals surface area contributed by atoms with Crippen molar-refractivity contribution in [2.24, 2.45) is 5.92 Å². The van der Waals surface area contributed by atoms with Gasteiger partial charge in [0.2, 0.25) is 0 Å². The van der Waals surface area contributed by atoms with Gasteiger partial charge in [-0.05, 0) is 58.9 Å². The van der Waals surface area contributed by atoms with Gasteiger partial charge in [0.05, 0.1) is 6.10 Å². The van der Waals surface area contributed by atoms with Gasteiger partial charge in [-0.3, -0.25) is 0 Å². The summed E-state index contributed by atoms with van der Waals surface area (Å²) < 4.78 is 6.00. The number of hydrogen-bond acceptors (Lipinski definition) is 3. The van der Waals surface area contributed by atoms with Crippen LogP contribution in [0.15, 0.2) is 0 Å². The van der Waals surface area contributed by atoms with Crippen LogP contribution < -0.4 is 0 Å². The van der Waals surface area contributed by atoms with Crippen LogP contribution in [0, 0.1) is 5.92 Å². The molecule has 0 radical (unpaired) electrons. The van der Waals surface area contributed by atoms with Crippen molar-refractivity contribution in [2.45, 2.75) is 25.4 Å². The zero-order valence-electron chi connectivity index (χ0n) is 10.1. The molecule has 0 aromatic carbocycles. The van der Waals surface area contributed by atoms with Crippen molar-refractivity contribution >= 4 is 0 Å². The Labute approximate surface area is 93.4 Å². The normalized spacial score (nSPS) is 35.0. The average molecular weight is 212 g/mol. The lowest BCUT2D eigenvalue weighted by molar-refractivity contribution is -0.0704. The Morgan fingerprint density at radius 1 is 1.27 bits per heavy atom. The second-order valence-corrected chi connectivity index (χ2v) is 5.20. The van der Waals surface area contributed by atoms with Crippen LogP contribution in [0.25, 0.3) is 0 Å². The SMILES string of the molecule is CN(C)CCCOC1CN2CCC1CC2. The van der Waals surface area contributed by atoms with Gasteiger partial charge in [-0.15, -0.1) is 0 Å². The Hall–Kier alpha value is -0.120. The van der Waals surface area contributed by atoms with Crippen molar-refractivity contribution in [1.29, 1.82) is 0 Å². The Balaban J connectivity index is 1.63. The maximum absolute atomic E-state index is 6.00. The highest BCUT2D eigenvalue weighted by Gasteiger charge is 2.34. The van der Waals surface area contributed by atoms with Crippen LogP contribution in [0.2, 0.25) is 0 Å². The van der Waals surface area contributed by atoms with Gasteiger partial charge in [0.15, 0.2) is 0 Å². The minimum Gasteiger partial charge on any atom is -0.377 e. The number of nitrogens with zero attached hydrogens (tertiary/aromatic N) is 2. The summed E-state index contributed by atoms with van der Waals surface area (Å²) in [4.78, 5) is 4.77. The maximum atomic E-state index is 6.00. The van der Waals surface area contributed by atoms with Crippen LogP contribution in [0.1, 0.15) is 19.3 Å². The zero-order chi connectivity index (χ0) is 10.7. The van der Waals surface area contributed by atoms with Crippen molar-refractivity contribution in [3.05, 3.63) is 0 Å². The minimum atomic E-state index is 0.537. The molecule has 3 saturated heterocycles. The summed E-state index contributed by atoms with van der Waals surface area (Å²) in [6, 6.07) is 0. The third-order valence-corrected chi connectivity index (χ3v) is 3.68. The third kappa shape index (κ3) is 3.16. The number of fused-ring (bicyclic) bond motifs is 3. The van der Waals surface area contributed by atoms with Crippen LogP contribution in [0.5, 0.6) is 0 Å². The molecule has 3 rings (SSSR count). The molecule has 2 bridgehead atoms. The second kappa shape index (κ2) is 5.28. The third-order valence-electron chi connectivity index (χ3n) is 3.68. The monoisotopic (exact) mass is 212 g/mol. The summed E-state index contributed by atoms with van der Waals surface area (Å²) in [6.07, 6.45) is 4.42. The molecule has 0 N–H and O–H groups in total. The number of rotatable bonds is 5. The van der Waals surface area contributed by atoms with E-state index in [1.165, 1.54) is 32.5 Å². The first-order chi connectivity index (χ1) is 7.25. The Kier molecular flexibility index (Phi) is 4.00. The average Bonchev–Trinajstić information content (AvgIpc) is 2.26. The van der Waals surface area contributed by atoms with E-state index in [4.69, 9.17) is 4.74 Å². The largest absolute Gasteiger partial charge is 0.377 e. The highest BCUT2D eigenvalue weighted by atomic mass is 16.5. The quantitative estimate of drug-likeness (QED) is 0.634. The molecule has 0 aromatic heterocycles. The van der Waals surface area contributed by atoms with Gasteiger partial charge in [-0.2, -0.15) is 0 Å². The molecule has 1 unspecified atom stereocenters. The fourth-order valence-corrected chi connectivity index (χ4v) is 2.72.